The Hall–Kier alpha value is -0.200. The van der Waals surface area contributed by atoms with Crippen LogP contribution in [0.3, 0.4) is 0 Å². The van der Waals surface area contributed by atoms with Gasteiger partial charge in [-0.2, -0.15) is 0 Å². The third-order valence-electron chi connectivity index (χ3n) is 4.56. The summed E-state index contributed by atoms with van der Waals surface area (Å²) in [7, 11) is 1.73. The smallest absolute Gasteiger partial charge is 0.0587 e. The van der Waals surface area contributed by atoms with Gasteiger partial charge in [0.25, 0.3) is 0 Å². The third kappa shape index (κ3) is 7.06. The highest BCUT2D eigenvalue weighted by Crippen LogP contribution is 2.39. The summed E-state index contributed by atoms with van der Waals surface area (Å²) in [6.45, 7) is 7.52. The van der Waals surface area contributed by atoms with Gasteiger partial charge in [0.15, 0.2) is 0 Å². The minimum Gasteiger partial charge on any atom is -0.395 e. The van der Waals surface area contributed by atoms with Crippen LogP contribution in [-0.2, 0) is 4.74 Å². The first-order valence-electron chi connectivity index (χ1n) is 8.29. The molecule has 126 valence electrons. The maximum Gasteiger partial charge on any atom is 0.0587 e. The molecule has 5 nitrogen and oxygen atoms in total. The van der Waals surface area contributed by atoms with E-state index in [4.69, 9.17) is 4.74 Å². The highest BCUT2D eigenvalue weighted by Gasteiger charge is 2.36. The van der Waals surface area contributed by atoms with Gasteiger partial charge in [-0.15, -0.1) is 0 Å². The molecule has 1 aliphatic carbocycles. The Labute approximate surface area is 129 Å². The average molecular weight is 302 g/mol. The summed E-state index contributed by atoms with van der Waals surface area (Å²) < 4.78 is 5.10. The molecule has 2 atom stereocenters. The fraction of sp³-hybridized carbons (Fsp3) is 1.00. The maximum atomic E-state index is 9.22. The van der Waals surface area contributed by atoms with E-state index < -0.39 is 0 Å². The predicted octanol–water partition coefficient (Wildman–Crippen LogP) is 0.706. The van der Waals surface area contributed by atoms with Crippen molar-refractivity contribution in [3.05, 3.63) is 0 Å². The minimum atomic E-state index is 0.155. The Balaban J connectivity index is 2.60. The Morgan fingerprint density at radius 1 is 1.29 bits per heavy atom. The molecule has 21 heavy (non-hydrogen) atoms. The molecule has 3 N–H and O–H groups in total. The number of nitrogens with zero attached hydrogens (tertiary/aromatic N) is 1. The van der Waals surface area contributed by atoms with Crippen molar-refractivity contribution in [3.8, 4) is 0 Å². The molecule has 0 bridgehead atoms. The molecule has 1 fully saturated rings. The number of hydrogen-bond acceptors (Lipinski definition) is 5. The summed E-state index contributed by atoms with van der Waals surface area (Å²) in [5, 5.41) is 22.0. The van der Waals surface area contributed by atoms with Crippen LogP contribution in [0.15, 0.2) is 0 Å². The lowest BCUT2D eigenvalue weighted by atomic mass is 9.69. The molecule has 1 saturated carbocycles. The number of aliphatic hydroxyl groups is 2. The fourth-order valence-electron chi connectivity index (χ4n) is 3.68. The summed E-state index contributed by atoms with van der Waals surface area (Å²) in [6.07, 6.45) is 5.05. The van der Waals surface area contributed by atoms with E-state index in [0.717, 1.165) is 32.2 Å². The fourth-order valence-corrected chi connectivity index (χ4v) is 3.68. The van der Waals surface area contributed by atoms with Crippen LogP contribution in [0.1, 0.15) is 32.6 Å². The molecule has 0 spiro atoms. The molecule has 5 heteroatoms. The van der Waals surface area contributed by atoms with Gasteiger partial charge in [0, 0.05) is 39.8 Å². The molecule has 0 aromatic carbocycles. The van der Waals surface area contributed by atoms with Gasteiger partial charge in [0.05, 0.1) is 19.8 Å². The van der Waals surface area contributed by atoms with Gasteiger partial charge in [-0.3, -0.25) is 4.90 Å². The van der Waals surface area contributed by atoms with Gasteiger partial charge in [-0.1, -0.05) is 19.8 Å². The number of aliphatic hydroxyl groups excluding tert-OH is 2. The van der Waals surface area contributed by atoms with Crippen LogP contribution in [0.5, 0.6) is 0 Å². The number of hydrogen-bond donors (Lipinski definition) is 3. The highest BCUT2D eigenvalue weighted by molar-refractivity contribution is 4.90. The van der Waals surface area contributed by atoms with E-state index in [-0.39, 0.29) is 18.6 Å². The van der Waals surface area contributed by atoms with Crippen molar-refractivity contribution in [3.63, 3.8) is 0 Å². The first kappa shape index (κ1) is 18.8. The molecule has 1 rings (SSSR count). The number of rotatable bonds is 11. The topological polar surface area (TPSA) is 65.0 Å². The first-order valence-corrected chi connectivity index (χ1v) is 8.29. The first-order chi connectivity index (χ1) is 10.2. The van der Waals surface area contributed by atoms with Gasteiger partial charge in [-0.25, -0.2) is 0 Å². The van der Waals surface area contributed by atoms with Crippen molar-refractivity contribution in [2.24, 2.45) is 11.3 Å². The maximum absolute atomic E-state index is 9.22. The summed E-state index contributed by atoms with van der Waals surface area (Å²) in [5.41, 5.74) is 0.260. The average Bonchev–Trinajstić information content (AvgIpc) is 2.44. The Kier molecular flexibility index (Phi) is 9.44. The second-order valence-electron chi connectivity index (χ2n) is 6.59. The van der Waals surface area contributed by atoms with Crippen molar-refractivity contribution in [1.29, 1.82) is 0 Å². The van der Waals surface area contributed by atoms with E-state index in [1.54, 1.807) is 7.11 Å². The summed E-state index contributed by atoms with van der Waals surface area (Å²) >= 11 is 0. The predicted molar refractivity (Wildman–Crippen MR) is 85.4 cm³/mol. The zero-order valence-corrected chi connectivity index (χ0v) is 13.8. The second-order valence-corrected chi connectivity index (χ2v) is 6.59. The SMILES string of the molecule is COCCNCC1(CN(CCO)CCO)CCCC(C)C1. The van der Waals surface area contributed by atoms with Crippen molar-refractivity contribution in [1.82, 2.24) is 10.2 Å². The standard InChI is InChI=1S/C16H34N2O3/c1-15-4-3-5-16(12-15,13-17-6-11-21-2)14-18(7-9-19)8-10-20/h15,17,19-20H,3-14H2,1-2H3. The van der Waals surface area contributed by atoms with Crippen LogP contribution in [-0.4, -0.2) is 74.8 Å². The largest absolute Gasteiger partial charge is 0.395 e. The third-order valence-corrected chi connectivity index (χ3v) is 4.56. The molecule has 0 aliphatic heterocycles. The van der Waals surface area contributed by atoms with E-state index in [2.05, 4.69) is 17.1 Å². The molecule has 0 aromatic rings. The Morgan fingerprint density at radius 3 is 2.57 bits per heavy atom. The zero-order valence-electron chi connectivity index (χ0n) is 13.8. The summed E-state index contributed by atoms with van der Waals surface area (Å²) in [6, 6.07) is 0. The highest BCUT2D eigenvalue weighted by atomic mass is 16.5. The molecular weight excluding hydrogens is 268 g/mol. The van der Waals surface area contributed by atoms with Crippen LogP contribution in [0.2, 0.25) is 0 Å². The normalized spacial score (nSPS) is 26.4. The summed E-state index contributed by atoms with van der Waals surface area (Å²) in [4.78, 5) is 2.20. The minimum absolute atomic E-state index is 0.155. The van der Waals surface area contributed by atoms with Gasteiger partial charge in [0.1, 0.15) is 0 Å². The molecule has 0 heterocycles. The van der Waals surface area contributed by atoms with Gasteiger partial charge in [0.2, 0.25) is 0 Å². The molecule has 0 aromatic heterocycles. The van der Waals surface area contributed by atoms with Gasteiger partial charge >= 0.3 is 0 Å². The molecule has 1 aliphatic rings. The molecule has 0 saturated heterocycles. The number of ether oxygens (including phenoxy) is 1. The van der Waals surface area contributed by atoms with Crippen molar-refractivity contribution >= 4 is 0 Å². The lowest BCUT2D eigenvalue weighted by Crippen LogP contribution is -2.48. The van der Waals surface area contributed by atoms with Crippen LogP contribution >= 0.6 is 0 Å². The molecule has 0 radical (unpaired) electrons. The van der Waals surface area contributed by atoms with Crippen LogP contribution in [0.4, 0.5) is 0 Å². The lowest BCUT2D eigenvalue weighted by molar-refractivity contribution is 0.0595. The zero-order chi connectivity index (χ0) is 15.6. The van der Waals surface area contributed by atoms with Crippen molar-refractivity contribution < 1.29 is 14.9 Å². The van der Waals surface area contributed by atoms with Crippen LogP contribution < -0.4 is 5.32 Å². The van der Waals surface area contributed by atoms with Crippen LogP contribution in [0, 0.1) is 11.3 Å². The molecule has 0 amide bonds. The number of nitrogens with one attached hydrogen (secondary N) is 1. The van der Waals surface area contributed by atoms with Gasteiger partial charge in [-0.05, 0) is 24.2 Å². The molecule has 2 unspecified atom stereocenters. The van der Waals surface area contributed by atoms with E-state index in [9.17, 15) is 10.2 Å². The summed E-state index contributed by atoms with van der Waals surface area (Å²) in [5.74, 6) is 0.757. The second kappa shape index (κ2) is 10.5. The van der Waals surface area contributed by atoms with E-state index >= 15 is 0 Å². The van der Waals surface area contributed by atoms with E-state index in [1.165, 1.54) is 25.7 Å². The Morgan fingerprint density at radius 2 is 2.00 bits per heavy atom. The monoisotopic (exact) mass is 302 g/mol. The van der Waals surface area contributed by atoms with Crippen molar-refractivity contribution in [2.75, 3.05) is 59.7 Å². The van der Waals surface area contributed by atoms with Crippen molar-refractivity contribution in [2.45, 2.75) is 32.6 Å². The lowest BCUT2D eigenvalue weighted by Gasteiger charge is -2.43. The molecular formula is C16H34N2O3. The van der Waals surface area contributed by atoms with Gasteiger partial charge < -0.3 is 20.3 Å². The van der Waals surface area contributed by atoms with Crippen LogP contribution in [0.25, 0.3) is 0 Å². The van der Waals surface area contributed by atoms with E-state index in [1.807, 2.05) is 0 Å². The quantitative estimate of drug-likeness (QED) is 0.491. The van der Waals surface area contributed by atoms with E-state index in [0.29, 0.717) is 13.1 Å². The Bertz CT molecular complexity index is 260. The number of methoxy groups -OCH3 is 1.